The Hall–Kier alpha value is -2.43. The van der Waals surface area contributed by atoms with Crippen LogP contribution >= 0.6 is 11.6 Å². The van der Waals surface area contributed by atoms with Crippen LogP contribution in [-0.4, -0.2) is 55.9 Å². The predicted molar refractivity (Wildman–Crippen MR) is 127 cm³/mol. The zero-order valence-electron chi connectivity index (χ0n) is 19.4. The molecule has 188 valence electrons. The van der Waals surface area contributed by atoms with E-state index >= 15 is 4.39 Å². The highest BCUT2D eigenvalue weighted by Crippen LogP contribution is 2.45. The van der Waals surface area contributed by atoms with Crippen LogP contribution < -0.4 is 5.32 Å². The fraction of sp³-hybridized carbons (Fsp3) is 0.542. The number of nitrogens with zero attached hydrogens (tertiary/aromatic N) is 4. The number of nitrogens with one attached hydrogen (secondary N) is 1. The van der Waals surface area contributed by atoms with E-state index in [-0.39, 0.29) is 48.0 Å². The lowest BCUT2D eigenvalue weighted by Gasteiger charge is -2.28. The predicted octanol–water partition coefficient (Wildman–Crippen LogP) is 5.33. The van der Waals surface area contributed by atoms with Crippen LogP contribution in [0.2, 0.25) is 5.02 Å². The summed E-state index contributed by atoms with van der Waals surface area (Å²) < 4.78 is 50.3. The van der Waals surface area contributed by atoms with Gasteiger partial charge in [-0.25, -0.2) is 28.1 Å². The van der Waals surface area contributed by atoms with E-state index in [0.717, 1.165) is 0 Å². The van der Waals surface area contributed by atoms with E-state index in [1.165, 1.54) is 12.3 Å². The summed E-state index contributed by atoms with van der Waals surface area (Å²) in [5, 5.41) is 13.5. The van der Waals surface area contributed by atoms with Gasteiger partial charge in [-0.1, -0.05) is 11.6 Å². The molecule has 3 heterocycles. The van der Waals surface area contributed by atoms with Crippen molar-refractivity contribution in [1.82, 2.24) is 19.5 Å². The Morgan fingerprint density at radius 2 is 2.06 bits per heavy atom. The summed E-state index contributed by atoms with van der Waals surface area (Å²) in [6.07, 6.45) is 1.12. The number of hydrogen-bond acceptors (Lipinski definition) is 6. The topological polar surface area (TPSA) is 85.1 Å². The van der Waals surface area contributed by atoms with Gasteiger partial charge in [-0.2, -0.15) is 0 Å². The van der Waals surface area contributed by atoms with Crippen LogP contribution in [0.1, 0.15) is 57.3 Å². The van der Waals surface area contributed by atoms with Crippen molar-refractivity contribution in [2.75, 3.05) is 18.5 Å². The van der Waals surface area contributed by atoms with Gasteiger partial charge in [-0.15, -0.1) is 0 Å². The molecule has 3 aromatic rings. The molecule has 0 spiro atoms. The first-order valence-corrected chi connectivity index (χ1v) is 12.1. The fourth-order valence-electron chi connectivity index (χ4n) is 5.00. The summed E-state index contributed by atoms with van der Waals surface area (Å²) in [6.45, 7) is 4.56. The third-order valence-corrected chi connectivity index (χ3v) is 7.00. The molecule has 2 aliphatic rings. The van der Waals surface area contributed by atoms with Gasteiger partial charge >= 0.3 is 0 Å². The van der Waals surface area contributed by atoms with Crippen LogP contribution in [0.5, 0.6) is 0 Å². The zero-order chi connectivity index (χ0) is 24.9. The highest BCUT2D eigenvalue weighted by Gasteiger charge is 2.42. The number of imidazole rings is 1. The maximum atomic E-state index is 15.3. The molecule has 5 rings (SSSR count). The van der Waals surface area contributed by atoms with E-state index in [0.29, 0.717) is 42.0 Å². The van der Waals surface area contributed by atoms with Gasteiger partial charge in [-0.05, 0) is 38.8 Å². The number of anilines is 1. The maximum absolute atomic E-state index is 15.3. The number of halogens is 4. The van der Waals surface area contributed by atoms with Crippen LogP contribution in [0.4, 0.5) is 19.1 Å². The standard InChI is InChI=1S/C24H27ClF3N5O2/c1-12(2)33-18-8-14(7-16(26)21(18)31-22(33)13-3-5-24(27,28)9-13)20-15(25)10-29-23(32-20)30-17-4-6-35-11-19(17)34/h7-8,10,12-13,17,19,34H,3-6,9,11H2,1-2H3,(H,29,30,32)/t13?,17-,19-/m1/s1. The van der Waals surface area contributed by atoms with Gasteiger partial charge in [0.1, 0.15) is 11.3 Å². The second-order valence-corrected chi connectivity index (χ2v) is 10.0. The molecule has 2 N–H and O–H groups in total. The summed E-state index contributed by atoms with van der Waals surface area (Å²) in [7, 11) is 0. The van der Waals surface area contributed by atoms with Gasteiger partial charge in [-0.3, -0.25) is 0 Å². The summed E-state index contributed by atoms with van der Waals surface area (Å²) in [5.41, 5.74) is 1.38. The summed E-state index contributed by atoms with van der Waals surface area (Å²) >= 11 is 6.40. The van der Waals surface area contributed by atoms with Gasteiger partial charge in [0.05, 0.1) is 41.2 Å². The lowest BCUT2D eigenvalue weighted by atomic mass is 10.1. The molecule has 7 nitrogen and oxygen atoms in total. The number of benzene rings is 1. The molecule has 1 saturated heterocycles. The van der Waals surface area contributed by atoms with E-state index < -0.39 is 23.8 Å². The van der Waals surface area contributed by atoms with Crippen molar-refractivity contribution >= 4 is 28.6 Å². The lowest BCUT2D eigenvalue weighted by molar-refractivity contribution is -0.0136. The van der Waals surface area contributed by atoms with Crippen LogP contribution in [-0.2, 0) is 4.74 Å². The molecule has 0 radical (unpaired) electrons. The first kappa shape index (κ1) is 24.3. The molecular weight excluding hydrogens is 483 g/mol. The second kappa shape index (κ2) is 9.22. The average Bonchev–Trinajstić information content (AvgIpc) is 3.36. The SMILES string of the molecule is CC(C)n1c(C2CCC(F)(F)C2)nc2c(F)cc(-c3nc(N[C@@H]4CCOC[C@H]4O)ncc3Cl)cc21. The van der Waals surface area contributed by atoms with Gasteiger partial charge in [0.25, 0.3) is 0 Å². The van der Waals surface area contributed by atoms with Crippen molar-refractivity contribution in [3.63, 3.8) is 0 Å². The monoisotopic (exact) mass is 509 g/mol. The summed E-state index contributed by atoms with van der Waals surface area (Å²) in [4.78, 5) is 13.2. The van der Waals surface area contributed by atoms with E-state index in [1.807, 2.05) is 18.4 Å². The molecular formula is C24H27ClF3N5O2. The molecule has 3 atom stereocenters. The molecule has 0 amide bonds. The minimum atomic E-state index is -2.73. The Morgan fingerprint density at radius 3 is 2.74 bits per heavy atom. The number of ether oxygens (including phenoxy) is 1. The molecule has 35 heavy (non-hydrogen) atoms. The Kier molecular flexibility index (Phi) is 6.39. The van der Waals surface area contributed by atoms with Crippen LogP contribution in [0, 0.1) is 5.82 Å². The van der Waals surface area contributed by atoms with E-state index in [4.69, 9.17) is 16.3 Å². The number of aromatic nitrogens is 4. The molecule has 1 aliphatic carbocycles. The largest absolute Gasteiger partial charge is 0.389 e. The molecule has 1 aromatic carbocycles. The number of aliphatic hydroxyl groups excluding tert-OH is 1. The first-order valence-electron chi connectivity index (χ1n) is 11.8. The van der Waals surface area contributed by atoms with Crippen molar-refractivity contribution in [2.45, 2.75) is 69.6 Å². The van der Waals surface area contributed by atoms with Crippen LogP contribution in [0.3, 0.4) is 0 Å². The summed E-state index contributed by atoms with van der Waals surface area (Å²) in [5.74, 6) is -3.02. The fourth-order valence-corrected chi connectivity index (χ4v) is 5.20. The molecule has 1 saturated carbocycles. The van der Waals surface area contributed by atoms with Crippen molar-refractivity contribution in [2.24, 2.45) is 0 Å². The second-order valence-electron chi connectivity index (χ2n) is 9.63. The first-order chi connectivity index (χ1) is 16.6. The quantitative estimate of drug-likeness (QED) is 0.483. The minimum absolute atomic E-state index is 0.119. The van der Waals surface area contributed by atoms with E-state index in [9.17, 15) is 13.9 Å². The summed E-state index contributed by atoms with van der Waals surface area (Å²) in [6, 6.07) is 2.64. The lowest BCUT2D eigenvalue weighted by Crippen LogP contribution is -2.42. The Labute approximate surface area is 205 Å². The number of rotatable bonds is 5. The van der Waals surface area contributed by atoms with Gasteiger partial charge in [0.15, 0.2) is 5.82 Å². The molecule has 2 fully saturated rings. The molecule has 1 unspecified atom stereocenters. The molecule has 2 aromatic heterocycles. The van der Waals surface area contributed by atoms with Gasteiger partial charge in [0, 0.05) is 37.0 Å². The maximum Gasteiger partial charge on any atom is 0.248 e. The van der Waals surface area contributed by atoms with Crippen LogP contribution in [0.25, 0.3) is 22.3 Å². The normalized spacial score (nSPS) is 24.4. The average molecular weight is 510 g/mol. The van der Waals surface area contributed by atoms with Crippen molar-refractivity contribution in [3.8, 4) is 11.3 Å². The van der Waals surface area contributed by atoms with Gasteiger partial charge in [0.2, 0.25) is 11.9 Å². The Bertz CT molecular complexity index is 1250. The highest BCUT2D eigenvalue weighted by atomic mass is 35.5. The number of aliphatic hydroxyl groups is 1. The Morgan fingerprint density at radius 1 is 1.26 bits per heavy atom. The molecule has 11 heteroatoms. The zero-order valence-corrected chi connectivity index (χ0v) is 20.2. The highest BCUT2D eigenvalue weighted by molar-refractivity contribution is 6.33. The van der Waals surface area contributed by atoms with Gasteiger partial charge < -0.3 is 19.7 Å². The third kappa shape index (κ3) is 4.71. The van der Waals surface area contributed by atoms with Crippen molar-refractivity contribution < 1.29 is 23.0 Å². The number of alkyl halides is 2. The minimum Gasteiger partial charge on any atom is -0.389 e. The van der Waals surface area contributed by atoms with Crippen molar-refractivity contribution in [1.29, 1.82) is 0 Å². The molecule has 1 aliphatic heterocycles. The smallest absolute Gasteiger partial charge is 0.248 e. The van der Waals surface area contributed by atoms with E-state index in [2.05, 4.69) is 20.3 Å². The van der Waals surface area contributed by atoms with E-state index in [1.54, 1.807) is 6.07 Å². The van der Waals surface area contributed by atoms with Crippen molar-refractivity contribution in [3.05, 3.63) is 35.0 Å². The number of fused-ring (bicyclic) bond motifs is 1. The molecule has 0 bridgehead atoms. The third-order valence-electron chi connectivity index (χ3n) is 6.72. The Balaban J connectivity index is 1.56. The number of hydrogen-bond donors (Lipinski definition) is 2. The van der Waals surface area contributed by atoms with Crippen LogP contribution in [0.15, 0.2) is 18.3 Å².